The number of ether oxygens (including phenoxy) is 1. The number of amides is 1. The molecule has 0 heterocycles. The van der Waals surface area contributed by atoms with Crippen molar-refractivity contribution in [2.24, 2.45) is 0 Å². The summed E-state index contributed by atoms with van der Waals surface area (Å²) in [5.41, 5.74) is 3.44. The van der Waals surface area contributed by atoms with E-state index in [9.17, 15) is 13.2 Å². The molecule has 0 radical (unpaired) electrons. The second-order valence-electron chi connectivity index (χ2n) is 7.30. The van der Waals surface area contributed by atoms with Gasteiger partial charge in [-0.2, -0.15) is 4.31 Å². The zero-order chi connectivity index (χ0) is 21.8. The highest BCUT2D eigenvalue weighted by Crippen LogP contribution is 2.28. The van der Waals surface area contributed by atoms with Crippen molar-refractivity contribution in [2.75, 3.05) is 25.5 Å². The molecule has 7 heteroatoms. The fourth-order valence-corrected chi connectivity index (χ4v) is 4.70. The van der Waals surface area contributed by atoms with Gasteiger partial charge in [0, 0.05) is 12.2 Å². The highest BCUT2D eigenvalue weighted by Gasteiger charge is 2.26. The van der Waals surface area contributed by atoms with Crippen LogP contribution in [0.2, 0.25) is 0 Å². The Hall–Kier alpha value is -2.38. The highest BCUT2D eigenvalue weighted by molar-refractivity contribution is 7.89. The van der Waals surface area contributed by atoms with E-state index < -0.39 is 10.0 Å². The Balaban J connectivity index is 2.25. The first-order valence-corrected chi connectivity index (χ1v) is 11.1. The normalized spacial score (nSPS) is 11.7. The highest BCUT2D eigenvalue weighted by atomic mass is 32.2. The van der Waals surface area contributed by atoms with Crippen molar-refractivity contribution in [1.29, 1.82) is 0 Å². The van der Waals surface area contributed by atoms with E-state index in [1.807, 2.05) is 25.1 Å². The van der Waals surface area contributed by atoms with E-state index >= 15 is 0 Å². The van der Waals surface area contributed by atoms with Crippen LogP contribution in [0.25, 0.3) is 0 Å². The maximum absolute atomic E-state index is 13.1. The maximum Gasteiger partial charge on any atom is 0.243 e. The first kappa shape index (κ1) is 22.9. The first-order chi connectivity index (χ1) is 13.6. The summed E-state index contributed by atoms with van der Waals surface area (Å²) in [6.07, 6.45) is 0. The zero-order valence-electron chi connectivity index (χ0n) is 17.9. The number of nitrogens with zero attached hydrogens (tertiary/aromatic N) is 1. The topological polar surface area (TPSA) is 75.7 Å². The molecule has 1 amide bonds. The number of anilines is 1. The van der Waals surface area contributed by atoms with Crippen molar-refractivity contribution in [3.8, 4) is 5.75 Å². The predicted molar refractivity (Wildman–Crippen MR) is 116 cm³/mol. The number of hydrogen-bond acceptors (Lipinski definition) is 4. The van der Waals surface area contributed by atoms with Crippen molar-refractivity contribution in [3.05, 3.63) is 53.1 Å². The van der Waals surface area contributed by atoms with Crippen LogP contribution in [-0.2, 0) is 14.8 Å². The SMILES string of the molecule is CCN(CC(=O)Nc1c(C)cccc1C(C)C)S(=O)(=O)c1ccc(OC)c(C)c1. The molecule has 2 aromatic carbocycles. The fraction of sp³-hybridized carbons (Fsp3) is 0.409. The van der Waals surface area contributed by atoms with Crippen molar-refractivity contribution in [1.82, 2.24) is 4.31 Å². The second kappa shape index (κ2) is 9.41. The zero-order valence-corrected chi connectivity index (χ0v) is 18.8. The van der Waals surface area contributed by atoms with Gasteiger partial charge in [0.25, 0.3) is 0 Å². The molecule has 2 aromatic rings. The minimum absolute atomic E-state index is 0.143. The summed E-state index contributed by atoms with van der Waals surface area (Å²) in [7, 11) is -2.27. The molecule has 2 rings (SSSR count). The molecule has 0 saturated heterocycles. The third-order valence-electron chi connectivity index (χ3n) is 4.87. The number of benzene rings is 2. The number of likely N-dealkylation sites (N-methyl/N-ethyl adjacent to an activating group) is 1. The lowest BCUT2D eigenvalue weighted by Crippen LogP contribution is -2.38. The van der Waals surface area contributed by atoms with Gasteiger partial charge in [0.15, 0.2) is 0 Å². The third kappa shape index (κ3) is 5.16. The number of carbonyl (C=O) groups is 1. The number of hydrogen-bond donors (Lipinski definition) is 1. The lowest BCUT2D eigenvalue weighted by molar-refractivity contribution is -0.116. The van der Waals surface area contributed by atoms with Gasteiger partial charge < -0.3 is 10.1 Å². The van der Waals surface area contributed by atoms with Gasteiger partial charge in [-0.25, -0.2) is 8.42 Å². The quantitative estimate of drug-likeness (QED) is 0.701. The molecule has 29 heavy (non-hydrogen) atoms. The van der Waals surface area contributed by atoms with Gasteiger partial charge in [-0.3, -0.25) is 4.79 Å². The number of nitrogens with one attached hydrogen (secondary N) is 1. The van der Waals surface area contributed by atoms with E-state index in [0.717, 1.165) is 22.4 Å². The van der Waals surface area contributed by atoms with E-state index in [2.05, 4.69) is 19.2 Å². The van der Waals surface area contributed by atoms with Gasteiger partial charge >= 0.3 is 0 Å². The van der Waals surface area contributed by atoms with Gasteiger partial charge in [0.1, 0.15) is 5.75 Å². The second-order valence-corrected chi connectivity index (χ2v) is 9.24. The lowest BCUT2D eigenvalue weighted by Gasteiger charge is -2.22. The summed E-state index contributed by atoms with van der Waals surface area (Å²) in [6, 6.07) is 10.5. The minimum Gasteiger partial charge on any atom is -0.496 e. The smallest absolute Gasteiger partial charge is 0.243 e. The molecule has 0 saturated carbocycles. The summed E-state index contributed by atoms with van der Waals surface area (Å²) >= 11 is 0. The molecule has 0 aliphatic rings. The summed E-state index contributed by atoms with van der Waals surface area (Å²) < 4.78 is 32.5. The molecular formula is C22H30N2O4S. The number of methoxy groups -OCH3 is 1. The van der Waals surface area contributed by atoms with E-state index in [1.165, 1.54) is 17.5 Å². The largest absolute Gasteiger partial charge is 0.496 e. The summed E-state index contributed by atoms with van der Waals surface area (Å²) in [5, 5.41) is 2.91. The van der Waals surface area contributed by atoms with Crippen LogP contribution in [0.3, 0.4) is 0 Å². The fourth-order valence-electron chi connectivity index (χ4n) is 3.21. The number of sulfonamides is 1. The average molecular weight is 419 g/mol. The van der Waals surface area contributed by atoms with Crippen LogP contribution < -0.4 is 10.1 Å². The lowest BCUT2D eigenvalue weighted by atomic mass is 9.98. The molecule has 0 unspecified atom stereocenters. The molecular weight excluding hydrogens is 388 g/mol. The third-order valence-corrected chi connectivity index (χ3v) is 6.78. The van der Waals surface area contributed by atoms with Crippen molar-refractivity contribution >= 4 is 21.6 Å². The molecule has 6 nitrogen and oxygen atoms in total. The van der Waals surface area contributed by atoms with Crippen LogP contribution in [0, 0.1) is 13.8 Å². The van der Waals surface area contributed by atoms with E-state index in [1.54, 1.807) is 26.0 Å². The van der Waals surface area contributed by atoms with Crippen LogP contribution in [0.1, 0.15) is 43.4 Å². The molecule has 0 bridgehead atoms. The van der Waals surface area contributed by atoms with Crippen LogP contribution in [0.4, 0.5) is 5.69 Å². The Kier molecular flexibility index (Phi) is 7.43. The Morgan fingerprint density at radius 3 is 2.38 bits per heavy atom. The Morgan fingerprint density at radius 1 is 1.14 bits per heavy atom. The van der Waals surface area contributed by atoms with Gasteiger partial charge in [-0.15, -0.1) is 0 Å². The molecule has 0 aliphatic carbocycles. The summed E-state index contributed by atoms with van der Waals surface area (Å²) in [5.74, 6) is 0.487. The van der Waals surface area contributed by atoms with Gasteiger partial charge in [-0.1, -0.05) is 39.0 Å². The summed E-state index contributed by atoms with van der Waals surface area (Å²) in [4.78, 5) is 12.9. The van der Waals surface area contributed by atoms with E-state index in [4.69, 9.17) is 4.74 Å². The number of aryl methyl sites for hydroxylation is 2. The standard InChI is InChI=1S/C22H30N2O4S/c1-7-24(29(26,27)18-11-12-20(28-6)17(5)13-18)14-21(25)23-22-16(4)9-8-10-19(22)15(2)3/h8-13,15H,7,14H2,1-6H3,(H,23,25). The van der Waals surface area contributed by atoms with Crippen LogP contribution >= 0.6 is 0 Å². The summed E-state index contributed by atoms with van der Waals surface area (Å²) in [6.45, 7) is 9.47. The predicted octanol–water partition coefficient (Wildman–Crippen LogP) is 4.08. The van der Waals surface area contributed by atoms with Crippen LogP contribution in [0.15, 0.2) is 41.3 Å². The van der Waals surface area contributed by atoms with E-state index in [-0.39, 0.29) is 29.8 Å². The molecule has 0 atom stereocenters. The Bertz CT molecular complexity index is 984. The molecule has 0 aliphatic heterocycles. The monoisotopic (exact) mass is 418 g/mol. The average Bonchev–Trinajstić information content (AvgIpc) is 2.67. The molecule has 158 valence electrons. The number of para-hydroxylation sites is 1. The maximum atomic E-state index is 13.1. The first-order valence-electron chi connectivity index (χ1n) is 9.66. The number of rotatable bonds is 8. The minimum atomic E-state index is -3.81. The molecule has 0 aromatic heterocycles. The Morgan fingerprint density at radius 2 is 1.83 bits per heavy atom. The van der Waals surface area contributed by atoms with Gasteiger partial charge in [0.05, 0.1) is 18.6 Å². The van der Waals surface area contributed by atoms with Crippen molar-refractivity contribution in [3.63, 3.8) is 0 Å². The van der Waals surface area contributed by atoms with Crippen molar-refractivity contribution < 1.29 is 17.9 Å². The van der Waals surface area contributed by atoms with Gasteiger partial charge in [0.2, 0.25) is 15.9 Å². The van der Waals surface area contributed by atoms with Crippen LogP contribution in [-0.4, -0.2) is 38.8 Å². The van der Waals surface area contributed by atoms with E-state index in [0.29, 0.717) is 5.75 Å². The number of carbonyl (C=O) groups excluding carboxylic acids is 1. The Labute approximate surface area is 173 Å². The molecule has 0 fully saturated rings. The van der Waals surface area contributed by atoms with Gasteiger partial charge in [-0.05, 0) is 54.7 Å². The molecule has 0 spiro atoms. The van der Waals surface area contributed by atoms with Crippen LogP contribution in [0.5, 0.6) is 5.75 Å². The molecule has 1 N–H and O–H groups in total. The van der Waals surface area contributed by atoms with Crippen molar-refractivity contribution in [2.45, 2.75) is 45.4 Å².